The SMILES string of the molecule is CCOc1ccc(S(=O)(=O)N(CC(=O)Nc2ccc(C(C)C)cc2)Cc2ccccc2)cc1. The van der Waals surface area contributed by atoms with Crippen LogP contribution in [0.25, 0.3) is 0 Å². The van der Waals surface area contributed by atoms with E-state index in [9.17, 15) is 13.2 Å². The Morgan fingerprint density at radius 3 is 2.15 bits per heavy atom. The molecule has 0 aliphatic heterocycles. The van der Waals surface area contributed by atoms with Gasteiger partial charge in [-0.25, -0.2) is 8.42 Å². The third-order valence-corrected chi connectivity index (χ3v) is 6.96. The Balaban J connectivity index is 1.81. The van der Waals surface area contributed by atoms with Crippen molar-refractivity contribution < 1.29 is 17.9 Å². The lowest BCUT2D eigenvalue weighted by Gasteiger charge is -2.22. The van der Waals surface area contributed by atoms with E-state index in [1.165, 1.54) is 16.4 Å². The molecule has 0 aliphatic carbocycles. The number of nitrogens with one attached hydrogen (secondary N) is 1. The van der Waals surface area contributed by atoms with Crippen molar-refractivity contribution in [2.24, 2.45) is 0 Å². The minimum atomic E-state index is -3.92. The summed E-state index contributed by atoms with van der Waals surface area (Å²) in [7, 11) is -3.92. The second kappa shape index (κ2) is 11.1. The molecular weight excluding hydrogens is 436 g/mol. The summed E-state index contributed by atoms with van der Waals surface area (Å²) < 4.78 is 33.4. The fraction of sp³-hybridized carbons (Fsp3) is 0.269. The third kappa shape index (κ3) is 6.66. The normalized spacial score (nSPS) is 11.5. The predicted molar refractivity (Wildman–Crippen MR) is 131 cm³/mol. The van der Waals surface area contributed by atoms with Crippen molar-refractivity contribution in [2.75, 3.05) is 18.5 Å². The lowest BCUT2D eigenvalue weighted by Crippen LogP contribution is -2.37. The number of nitrogens with zero attached hydrogens (tertiary/aromatic N) is 1. The van der Waals surface area contributed by atoms with Crippen LogP contribution in [0.5, 0.6) is 5.75 Å². The zero-order valence-corrected chi connectivity index (χ0v) is 20.0. The molecule has 3 aromatic carbocycles. The minimum Gasteiger partial charge on any atom is -0.494 e. The van der Waals surface area contributed by atoms with Crippen LogP contribution in [0.3, 0.4) is 0 Å². The Morgan fingerprint density at radius 1 is 0.939 bits per heavy atom. The van der Waals surface area contributed by atoms with Gasteiger partial charge < -0.3 is 10.1 Å². The molecule has 7 heteroatoms. The third-order valence-electron chi connectivity index (χ3n) is 5.16. The zero-order valence-electron chi connectivity index (χ0n) is 19.2. The molecule has 0 bridgehead atoms. The van der Waals surface area contributed by atoms with Gasteiger partial charge in [-0.3, -0.25) is 4.79 Å². The van der Waals surface area contributed by atoms with Crippen molar-refractivity contribution >= 4 is 21.6 Å². The fourth-order valence-corrected chi connectivity index (χ4v) is 4.73. The van der Waals surface area contributed by atoms with Crippen molar-refractivity contribution in [3.63, 3.8) is 0 Å². The lowest BCUT2D eigenvalue weighted by atomic mass is 10.0. The first-order valence-electron chi connectivity index (χ1n) is 11.0. The summed E-state index contributed by atoms with van der Waals surface area (Å²) in [5.74, 6) is 0.571. The molecule has 1 amide bonds. The van der Waals surface area contributed by atoms with Crippen LogP contribution in [0.2, 0.25) is 0 Å². The van der Waals surface area contributed by atoms with E-state index in [0.717, 1.165) is 11.1 Å². The Hall–Kier alpha value is -3.16. The average Bonchev–Trinajstić information content (AvgIpc) is 2.80. The van der Waals surface area contributed by atoms with E-state index in [0.29, 0.717) is 24.0 Å². The molecule has 0 aliphatic rings. The van der Waals surface area contributed by atoms with Crippen LogP contribution < -0.4 is 10.1 Å². The monoisotopic (exact) mass is 466 g/mol. The molecule has 3 aromatic rings. The second-order valence-corrected chi connectivity index (χ2v) is 9.93. The maximum atomic E-state index is 13.4. The van der Waals surface area contributed by atoms with Gasteiger partial charge in [0.05, 0.1) is 18.0 Å². The first-order valence-corrected chi connectivity index (χ1v) is 12.4. The van der Waals surface area contributed by atoms with Crippen molar-refractivity contribution in [3.05, 3.63) is 90.0 Å². The summed E-state index contributed by atoms with van der Waals surface area (Å²) in [6.07, 6.45) is 0. The van der Waals surface area contributed by atoms with Gasteiger partial charge >= 0.3 is 0 Å². The van der Waals surface area contributed by atoms with Gasteiger partial charge in [-0.05, 0) is 60.4 Å². The standard InChI is InChI=1S/C26H30N2O4S/c1-4-32-24-14-16-25(17-15-24)33(30,31)28(18-21-8-6-5-7-9-21)19-26(29)27-23-12-10-22(11-13-23)20(2)3/h5-17,20H,4,18-19H2,1-3H3,(H,27,29). The van der Waals surface area contributed by atoms with Gasteiger partial charge in [-0.15, -0.1) is 0 Å². The number of carbonyl (C=O) groups is 1. The maximum Gasteiger partial charge on any atom is 0.243 e. The molecule has 0 fully saturated rings. The molecule has 174 valence electrons. The van der Waals surface area contributed by atoms with Gasteiger partial charge in [-0.2, -0.15) is 4.31 Å². The van der Waals surface area contributed by atoms with Crippen molar-refractivity contribution in [2.45, 2.75) is 38.1 Å². The number of hydrogen-bond donors (Lipinski definition) is 1. The Morgan fingerprint density at radius 2 is 1.58 bits per heavy atom. The molecule has 0 radical (unpaired) electrons. The second-order valence-electron chi connectivity index (χ2n) is 7.99. The number of sulfonamides is 1. The quantitative estimate of drug-likeness (QED) is 0.454. The number of ether oxygens (including phenoxy) is 1. The van der Waals surface area contributed by atoms with Crippen LogP contribution in [0.1, 0.15) is 37.8 Å². The summed E-state index contributed by atoms with van der Waals surface area (Å²) in [4.78, 5) is 12.9. The number of carbonyl (C=O) groups excluding carboxylic acids is 1. The van der Waals surface area contributed by atoms with E-state index in [2.05, 4.69) is 19.2 Å². The predicted octanol–water partition coefficient (Wildman–Crippen LogP) is 5.04. The summed E-state index contributed by atoms with van der Waals surface area (Å²) in [5.41, 5.74) is 2.58. The summed E-state index contributed by atoms with van der Waals surface area (Å²) in [6, 6.07) is 23.0. The molecule has 0 aromatic heterocycles. The molecule has 0 saturated carbocycles. The summed E-state index contributed by atoms with van der Waals surface area (Å²) in [6.45, 7) is 6.32. The molecule has 33 heavy (non-hydrogen) atoms. The van der Waals surface area contributed by atoms with Crippen molar-refractivity contribution in [3.8, 4) is 5.75 Å². The molecule has 6 nitrogen and oxygen atoms in total. The van der Waals surface area contributed by atoms with E-state index >= 15 is 0 Å². The van der Waals surface area contributed by atoms with Gasteiger partial charge in [0.2, 0.25) is 15.9 Å². The number of amides is 1. The first-order chi connectivity index (χ1) is 15.8. The van der Waals surface area contributed by atoms with Crippen LogP contribution in [0, 0.1) is 0 Å². The molecule has 0 atom stereocenters. The van der Waals surface area contributed by atoms with E-state index in [4.69, 9.17) is 4.74 Å². The van der Waals surface area contributed by atoms with Gasteiger partial charge in [0.25, 0.3) is 0 Å². The molecule has 0 spiro atoms. The highest BCUT2D eigenvalue weighted by Gasteiger charge is 2.27. The molecular formula is C26H30N2O4S. The van der Waals surface area contributed by atoms with Crippen molar-refractivity contribution in [1.29, 1.82) is 0 Å². The number of rotatable bonds is 10. The van der Waals surface area contributed by atoms with E-state index in [-0.39, 0.29) is 18.0 Å². The molecule has 3 rings (SSSR count). The van der Waals surface area contributed by atoms with Gasteiger partial charge in [0.1, 0.15) is 5.75 Å². The smallest absolute Gasteiger partial charge is 0.243 e. The summed E-state index contributed by atoms with van der Waals surface area (Å²) >= 11 is 0. The Labute approximate surface area is 196 Å². The number of benzene rings is 3. The highest BCUT2D eigenvalue weighted by Crippen LogP contribution is 2.22. The van der Waals surface area contributed by atoms with Crippen LogP contribution >= 0.6 is 0 Å². The molecule has 1 N–H and O–H groups in total. The average molecular weight is 467 g/mol. The molecule has 0 saturated heterocycles. The first kappa shape index (κ1) is 24.5. The van der Waals surface area contributed by atoms with E-state index < -0.39 is 15.9 Å². The van der Waals surface area contributed by atoms with E-state index in [1.54, 1.807) is 12.1 Å². The van der Waals surface area contributed by atoms with Crippen LogP contribution in [-0.4, -0.2) is 31.8 Å². The van der Waals surface area contributed by atoms with Gasteiger partial charge in [0.15, 0.2) is 0 Å². The van der Waals surface area contributed by atoms with Crippen LogP contribution in [0.15, 0.2) is 83.8 Å². The maximum absolute atomic E-state index is 13.4. The lowest BCUT2D eigenvalue weighted by molar-refractivity contribution is -0.116. The number of anilines is 1. The fourth-order valence-electron chi connectivity index (χ4n) is 3.35. The number of hydrogen-bond acceptors (Lipinski definition) is 4. The van der Waals surface area contributed by atoms with Crippen LogP contribution in [-0.2, 0) is 21.4 Å². The molecule has 0 unspecified atom stereocenters. The van der Waals surface area contributed by atoms with Crippen LogP contribution in [0.4, 0.5) is 5.69 Å². The summed E-state index contributed by atoms with van der Waals surface area (Å²) in [5, 5.41) is 2.81. The zero-order chi connectivity index (χ0) is 23.8. The largest absolute Gasteiger partial charge is 0.494 e. The van der Waals surface area contributed by atoms with Gasteiger partial charge in [0, 0.05) is 12.2 Å². The van der Waals surface area contributed by atoms with Crippen molar-refractivity contribution in [1.82, 2.24) is 4.31 Å². The highest BCUT2D eigenvalue weighted by atomic mass is 32.2. The highest BCUT2D eigenvalue weighted by molar-refractivity contribution is 7.89. The topological polar surface area (TPSA) is 75.7 Å². The van der Waals surface area contributed by atoms with Gasteiger partial charge in [-0.1, -0.05) is 56.3 Å². The molecule has 0 heterocycles. The Bertz CT molecular complexity index is 1140. The Kier molecular flexibility index (Phi) is 8.25. The van der Waals surface area contributed by atoms with E-state index in [1.807, 2.05) is 61.5 Å². The minimum absolute atomic E-state index is 0.0795.